The van der Waals surface area contributed by atoms with Gasteiger partial charge in [-0.3, -0.25) is 9.59 Å². The number of benzene rings is 2. The summed E-state index contributed by atoms with van der Waals surface area (Å²) in [5, 5.41) is 9.12. The SMILES string of the molecule is Cc1ccccc1-c1nc2ccc(N3C[C@H](C(=O)O)CC3=O)cc2o1. The number of fused-ring (bicyclic) bond motifs is 1. The fourth-order valence-electron chi connectivity index (χ4n) is 3.13. The van der Waals surface area contributed by atoms with Crippen molar-refractivity contribution in [2.24, 2.45) is 5.92 Å². The maximum atomic E-state index is 12.1. The number of aryl methyl sites for hydroxylation is 1. The van der Waals surface area contributed by atoms with E-state index in [9.17, 15) is 9.59 Å². The number of carboxylic acid groups (broad SMARTS) is 1. The van der Waals surface area contributed by atoms with Crippen molar-refractivity contribution < 1.29 is 19.1 Å². The molecule has 3 aromatic rings. The predicted molar refractivity (Wildman–Crippen MR) is 92.3 cm³/mol. The van der Waals surface area contributed by atoms with Gasteiger partial charge in [0.1, 0.15) is 5.52 Å². The number of aliphatic carboxylic acids is 1. The largest absolute Gasteiger partial charge is 0.481 e. The van der Waals surface area contributed by atoms with Gasteiger partial charge in [0.15, 0.2) is 5.58 Å². The van der Waals surface area contributed by atoms with Crippen LogP contribution in [0.5, 0.6) is 0 Å². The molecule has 1 aromatic heterocycles. The molecule has 0 saturated carbocycles. The molecule has 0 radical (unpaired) electrons. The average molecular weight is 336 g/mol. The molecule has 1 fully saturated rings. The van der Waals surface area contributed by atoms with Crippen LogP contribution >= 0.6 is 0 Å². The Hall–Kier alpha value is -3.15. The summed E-state index contributed by atoms with van der Waals surface area (Å²) >= 11 is 0. The first kappa shape index (κ1) is 15.4. The first-order valence-corrected chi connectivity index (χ1v) is 8.02. The van der Waals surface area contributed by atoms with Crippen LogP contribution in [0.1, 0.15) is 12.0 Å². The highest BCUT2D eigenvalue weighted by Crippen LogP contribution is 2.31. The Labute approximate surface area is 143 Å². The summed E-state index contributed by atoms with van der Waals surface area (Å²) in [6, 6.07) is 13.1. The molecule has 4 rings (SSSR count). The summed E-state index contributed by atoms with van der Waals surface area (Å²) in [4.78, 5) is 29.2. The number of amides is 1. The van der Waals surface area contributed by atoms with Crippen molar-refractivity contribution in [1.29, 1.82) is 0 Å². The van der Waals surface area contributed by atoms with E-state index < -0.39 is 11.9 Å². The van der Waals surface area contributed by atoms with Gasteiger partial charge in [0.25, 0.3) is 0 Å². The Morgan fingerprint density at radius 3 is 2.80 bits per heavy atom. The van der Waals surface area contributed by atoms with E-state index in [1.165, 1.54) is 4.90 Å². The normalized spacial score (nSPS) is 17.4. The van der Waals surface area contributed by atoms with Crippen LogP contribution in [0.3, 0.4) is 0 Å². The summed E-state index contributed by atoms with van der Waals surface area (Å²) in [6.45, 7) is 2.17. The number of hydrogen-bond acceptors (Lipinski definition) is 4. The van der Waals surface area contributed by atoms with Gasteiger partial charge in [-0.15, -0.1) is 0 Å². The topological polar surface area (TPSA) is 83.6 Å². The molecule has 126 valence electrons. The van der Waals surface area contributed by atoms with Gasteiger partial charge in [0.05, 0.1) is 5.92 Å². The van der Waals surface area contributed by atoms with Gasteiger partial charge >= 0.3 is 5.97 Å². The van der Waals surface area contributed by atoms with Gasteiger partial charge in [-0.05, 0) is 30.7 Å². The molecule has 0 aliphatic carbocycles. The number of rotatable bonds is 3. The van der Waals surface area contributed by atoms with Gasteiger partial charge in [0, 0.05) is 30.3 Å². The van der Waals surface area contributed by atoms with Crippen LogP contribution in [0, 0.1) is 12.8 Å². The van der Waals surface area contributed by atoms with E-state index in [0.717, 1.165) is 11.1 Å². The van der Waals surface area contributed by atoms with E-state index in [-0.39, 0.29) is 18.9 Å². The number of carbonyl (C=O) groups is 2. The summed E-state index contributed by atoms with van der Waals surface area (Å²) < 4.78 is 5.88. The Bertz CT molecular complexity index is 992. The van der Waals surface area contributed by atoms with Crippen LogP contribution in [-0.2, 0) is 9.59 Å². The molecule has 2 heterocycles. The number of carboxylic acids is 1. The zero-order valence-electron chi connectivity index (χ0n) is 13.6. The monoisotopic (exact) mass is 336 g/mol. The van der Waals surface area contributed by atoms with E-state index in [2.05, 4.69) is 4.98 Å². The second-order valence-corrected chi connectivity index (χ2v) is 6.23. The van der Waals surface area contributed by atoms with Gasteiger partial charge in [-0.1, -0.05) is 18.2 Å². The highest BCUT2D eigenvalue weighted by molar-refractivity contribution is 6.00. The van der Waals surface area contributed by atoms with Gasteiger partial charge in [0.2, 0.25) is 11.8 Å². The molecule has 2 aromatic carbocycles. The maximum Gasteiger partial charge on any atom is 0.308 e. The maximum absolute atomic E-state index is 12.1. The fraction of sp³-hybridized carbons (Fsp3) is 0.211. The van der Waals surface area contributed by atoms with Crippen LogP contribution in [0.4, 0.5) is 5.69 Å². The molecule has 0 unspecified atom stereocenters. The lowest BCUT2D eigenvalue weighted by atomic mass is 10.1. The van der Waals surface area contributed by atoms with Crippen molar-refractivity contribution in [1.82, 2.24) is 4.98 Å². The summed E-state index contributed by atoms with van der Waals surface area (Å²) in [5.41, 5.74) is 3.89. The molecule has 1 atom stereocenters. The standard InChI is InChI=1S/C19H16N2O4/c1-11-4-2-3-5-14(11)18-20-15-7-6-13(9-16(15)25-18)21-10-12(19(23)24)8-17(21)22/h2-7,9,12H,8,10H2,1H3,(H,23,24)/t12-/m1/s1. The minimum Gasteiger partial charge on any atom is -0.481 e. The molecular formula is C19H16N2O4. The Balaban J connectivity index is 1.71. The van der Waals surface area contributed by atoms with E-state index in [1.807, 2.05) is 31.2 Å². The second kappa shape index (κ2) is 5.73. The van der Waals surface area contributed by atoms with E-state index in [0.29, 0.717) is 22.7 Å². The van der Waals surface area contributed by atoms with Crippen molar-refractivity contribution in [2.45, 2.75) is 13.3 Å². The molecule has 1 aliphatic rings. The summed E-state index contributed by atoms with van der Waals surface area (Å²) in [5.74, 6) is -1.27. The molecular weight excluding hydrogens is 320 g/mol. The Kier molecular flexibility index (Phi) is 3.53. The number of aromatic nitrogens is 1. The molecule has 0 spiro atoms. The van der Waals surface area contributed by atoms with E-state index in [1.54, 1.807) is 18.2 Å². The number of hydrogen-bond donors (Lipinski definition) is 1. The molecule has 6 heteroatoms. The lowest BCUT2D eigenvalue weighted by Crippen LogP contribution is -2.25. The fourth-order valence-corrected chi connectivity index (χ4v) is 3.13. The van der Waals surface area contributed by atoms with E-state index >= 15 is 0 Å². The van der Waals surface area contributed by atoms with Crippen molar-refractivity contribution in [3.63, 3.8) is 0 Å². The molecule has 1 amide bonds. The van der Waals surface area contributed by atoms with Crippen molar-refractivity contribution in [3.05, 3.63) is 48.0 Å². The minimum atomic E-state index is -0.946. The molecule has 6 nitrogen and oxygen atoms in total. The highest BCUT2D eigenvalue weighted by Gasteiger charge is 2.35. The number of carbonyl (C=O) groups excluding carboxylic acids is 1. The zero-order valence-corrected chi connectivity index (χ0v) is 13.6. The average Bonchev–Trinajstić information content (AvgIpc) is 3.18. The van der Waals surface area contributed by atoms with Crippen molar-refractivity contribution in [2.75, 3.05) is 11.4 Å². The van der Waals surface area contributed by atoms with Crippen molar-refractivity contribution in [3.8, 4) is 11.5 Å². The number of oxazole rings is 1. The quantitative estimate of drug-likeness (QED) is 0.794. The zero-order chi connectivity index (χ0) is 17.6. The second-order valence-electron chi connectivity index (χ2n) is 6.23. The smallest absolute Gasteiger partial charge is 0.308 e. The summed E-state index contributed by atoms with van der Waals surface area (Å²) in [6.07, 6.45) is 0.0260. The lowest BCUT2D eigenvalue weighted by Gasteiger charge is -2.15. The third-order valence-electron chi connectivity index (χ3n) is 4.53. The first-order valence-electron chi connectivity index (χ1n) is 8.02. The molecule has 1 aliphatic heterocycles. The summed E-state index contributed by atoms with van der Waals surface area (Å²) in [7, 11) is 0. The molecule has 25 heavy (non-hydrogen) atoms. The van der Waals surface area contributed by atoms with Crippen LogP contribution < -0.4 is 4.90 Å². The Morgan fingerprint density at radius 2 is 2.08 bits per heavy atom. The third-order valence-corrected chi connectivity index (χ3v) is 4.53. The molecule has 1 N–H and O–H groups in total. The van der Waals surface area contributed by atoms with Crippen LogP contribution in [0.2, 0.25) is 0 Å². The Morgan fingerprint density at radius 1 is 1.28 bits per heavy atom. The van der Waals surface area contributed by atoms with Gasteiger partial charge < -0.3 is 14.4 Å². The lowest BCUT2D eigenvalue weighted by molar-refractivity contribution is -0.141. The van der Waals surface area contributed by atoms with Crippen LogP contribution in [0.25, 0.3) is 22.6 Å². The number of nitrogens with zero attached hydrogens (tertiary/aromatic N) is 2. The van der Waals surface area contributed by atoms with Crippen molar-refractivity contribution >= 4 is 28.7 Å². The highest BCUT2D eigenvalue weighted by atomic mass is 16.4. The third kappa shape index (κ3) is 2.65. The predicted octanol–water partition coefficient (Wildman–Crippen LogP) is 3.24. The van der Waals surface area contributed by atoms with E-state index in [4.69, 9.17) is 9.52 Å². The van der Waals surface area contributed by atoms with Gasteiger partial charge in [-0.25, -0.2) is 4.98 Å². The van der Waals surface area contributed by atoms with Crippen LogP contribution in [0.15, 0.2) is 46.9 Å². The number of anilines is 1. The molecule has 1 saturated heterocycles. The first-order chi connectivity index (χ1) is 12.0. The minimum absolute atomic E-state index is 0.0260. The molecule has 0 bridgehead atoms. The van der Waals surface area contributed by atoms with Gasteiger partial charge in [-0.2, -0.15) is 0 Å². The van der Waals surface area contributed by atoms with Crippen LogP contribution in [-0.4, -0.2) is 28.5 Å².